The van der Waals surface area contributed by atoms with Crippen molar-refractivity contribution in [1.82, 2.24) is 0 Å². The molecule has 16 heavy (non-hydrogen) atoms. The quantitative estimate of drug-likeness (QED) is 0.810. The number of hydrogen-bond acceptors (Lipinski definition) is 5. The number of aliphatic hydroxyl groups is 1. The molecule has 1 aromatic carbocycles. The number of aliphatic hydroxyl groups excluding tert-OH is 1. The molecular formula is C10H10BrNO4. The highest BCUT2D eigenvalue weighted by Gasteiger charge is 2.27. The summed E-state index contributed by atoms with van der Waals surface area (Å²) in [5.41, 5.74) is 6.30. The van der Waals surface area contributed by atoms with Gasteiger partial charge in [-0.1, -0.05) is 15.9 Å². The summed E-state index contributed by atoms with van der Waals surface area (Å²) in [6, 6.07) is 1.58. The van der Waals surface area contributed by atoms with E-state index >= 15 is 0 Å². The largest absolute Gasteiger partial charge is 0.453 e. The minimum Gasteiger partial charge on any atom is -0.453 e. The third kappa shape index (κ3) is 1.68. The van der Waals surface area contributed by atoms with Crippen LogP contribution in [0.2, 0.25) is 0 Å². The Morgan fingerprint density at radius 3 is 2.88 bits per heavy atom. The van der Waals surface area contributed by atoms with E-state index in [4.69, 9.17) is 15.2 Å². The second kappa shape index (κ2) is 4.40. The predicted octanol–water partition coefficient (Wildman–Crippen LogP) is 0.982. The minimum absolute atomic E-state index is 0.0386. The lowest BCUT2D eigenvalue weighted by molar-refractivity contribution is 0.111. The fourth-order valence-corrected chi connectivity index (χ4v) is 2.29. The number of benzene rings is 1. The number of fused-ring (bicyclic) bond motifs is 1. The standard InChI is InChI=1S/C10H10BrNO4/c11-6-1-5(3-13)9-10(16-4-15-9)8(6)7(14)2-12/h1,3,7,14H,2,4,12H2. The number of halogens is 1. The van der Waals surface area contributed by atoms with Gasteiger partial charge in [0.15, 0.2) is 17.8 Å². The molecule has 0 bridgehead atoms. The van der Waals surface area contributed by atoms with Crippen molar-refractivity contribution in [2.45, 2.75) is 6.10 Å². The van der Waals surface area contributed by atoms with Crippen LogP contribution in [0.3, 0.4) is 0 Å². The van der Waals surface area contributed by atoms with Gasteiger partial charge in [0, 0.05) is 16.6 Å². The highest BCUT2D eigenvalue weighted by atomic mass is 79.9. The van der Waals surface area contributed by atoms with Gasteiger partial charge < -0.3 is 20.3 Å². The van der Waals surface area contributed by atoms with Gasteiger partial charge in [0.05, 0.1) is 11.7 Å². The highest BCUT2D eigenvalue weighted by molar-refractivity contribution is 9.10. The lowest BCUT2D eigenvalue weighted by atomic mass is 10.0. The third-order valence-corrected chi connectivity index (χ3v) is 3.00. The maximum absolute atomic E-state index is 10.8. The van der Waals surface area contributed by atoms with Gasteiger partial charge in [-0.2, -0.15) is 0 Å². The van der Waals surface area contributed by atoms with E-state index in [1.54, 1.807) is 6.07 Å². The second-order valence-corrected chi connectivity index (χ2v) is 4.15. The van der Waals surface area contributed by atoms with E-state index in [0.717, 1.165) is 0 Å². The average molecular weight is 288 g/mol. The van der Waals surface area contributed by atoms with Crippen molar-refractivity contribution >= 4 is 22.2 Å². The first kappa shape index (κ1) is 11.4. The van der Waals surface area contributed by atoms with E-state index in [0.29, 0.717) is 33.4 Å². The van der Waals surface area contributed by atoms with Crippen LogP contribution in [0.4, 0.5) is 0 Å². The third-order valence-electron chi connectivity index (χ3n) is 2.34. The van der Waals surface area contributed by atoms with Crippen LogP contribution in [0.25, 0.3) is 0 Å². The molecule has 1 unspecified atom stereocenters. The first-order chi connectivity index (χ1) is 7.69. The predicted molar refractivity (Wildman–Crippen MR) is 59.7 cm³/mol. The summed E-state index contributed by atoms with van der Waals surface area (Å²) in [5, 5.41) is 9.76. The van der Waals surface area contributed by atoms with Gasteiger partial charge in [-0.15, -0.1) is 0 Å². The molecule has 6 heteroatoms. The number of ether oxygens (including phenoxy) is 2. The second-order valence-electron chi connectivity index (χ2n) is 3.30. The Kier molecular flexibility index (Phi) is 3.13. The molecule has 1 heterocycles. The van der Waals surface area contributed by atoms with Crippen molar-refractivity contribution in [1.29, 1.82) is 0 Å². The van der Waals surface area contributed by atoms with Crippen LogP contribution in [0.15, 0.2) is 10.5 Å². The summed E-state index contributed by atoms with van der Waals surface area (Å²) < 4.78 is 11.0. The van der Waals surface area contributed by atoms with Crippen LogP contribution >= 0.6 is 15.9 Å². The van der Waals surface area contributed by atoms with Crippen molar-refractivity contribution in [2.75, 3.05) is 13.3 Å². The van der Waals surface area contributed by atoms with Crippen molar-refractivity contribution in [3.63, 3.8) is 0 Å². The molecule has 2 rings (SSSR count). The SMILES string of the molecule is NCC(O)c1c(Br)cc(C=O)c2c1OCO2. The smallest absolute Gasteiger partial charge is 0.231 e. The molecule has 0 saturated carbocycles. The Hall–Kier alpha value is -1.11. The maximum atomic E-state index is 10.8. The van der Waals surface area contributed by atoms with Crippen LogP contribution < -0.4 is 15.2 Å². The van der Waals surface area contributed by atoms with E-state index in [2.05, 4.69) is 15.9 Å². The van der Waals surface area contributed by atoms with Crippen LogP contribution in [0, 0.1) is 0 Å². The zero-order chi connectivity index (χ0) is 11.7. The molecule has 5 nitrogen and oxygen atoms in total. The van der Waals surface area contributed by atoms with Crippen LogP contribution in [-0.4, -0.2) is 24.7 Å². The first-order valence-electron chi connectivity index (χ1n) is 4.64. The Morgan fingerprint density at radius 1 is 1.56 bits per heavy atom. The van der Waals surface area contributed by atoms with Crippen molar-refractivity contribution in [3.05, 3.63) is 21.7 Å². The molecule has 1 aliphatic rings. The molecule has 0 amide bonds. The molecular weight excluding hydrogens is 278 g/mol. The number of aldehydes is 1. The molecule has 1 atom stereocenters. The lowest BCUT2D eigenvalue weighted by Crippen LogP contribution is -2.13. The molecule has 1 aliphatic heterocycles. The average Bonchev–Trinajstić information content (AvgIpc) is 2.75. The van der Waals surface area contributed by atoms with Gasteiger partial charge in [0.25, 0.3) is 0 Å². The topological polar surface area (TPSA) is 81.8 Å². The Bertz CT molecular complexity index is 435. The van der Waals surface area contributed by atoms with Gasteiger partial charge in [-0.3, -0.25) is 4.79 Å². The summed E-state index contributed by atoms with van der Waals surface area (Å²) >= 11 is 3.27. The number of carbonyl (C=O) groups excluding carboxylic acids is 1. The fraction of sp³-hybridized carbons (Fsp3) is 0.300. The Morgan fingerprint density at radius 2 is 2.25 bits per heavy atom. The van der Waals surface area contributed by atoms with Crippen LogP contribution in [-0.2, 0) is 0 Å². The molecule has 0 aromatic heterocycles. The monoisotopic (exact) mass is 287 g/mol. The first-order valence-corrected chi connectivity index (χ1v) is 5.43. The summed E-state index contributed by atoms with van der Waals surface area (Å²) in [7, 11) is 0. The van der Waals surface area contributed by atoms with Crippen molar-refractivity contribution in [3.8, 4) is 11.5 Å². The molecule has 0 saturated heterocycles. The molecule has 86 valence electrons. The summed E-state index contributed by atoms with van der Waals surface area (Å²) in [6.45, 7) is 0.103. The molecule has 3 N–H and O–H groups in total. The van der Waals surface area contributed by atoms with E-state index in [1.807, 2.05) is 0 Å². The number of hydrogen-bond donors (Lipinski definition) is 2. The van der Waals surface area contributed by atoms with Gasteiger partial charge in [-0.05, 0) is 6.07 Å². The number of rotatable bonds is 3. The van der Waals surface area contributed by atoms with Crippen molar-refractivity contribution < 1.29 is 19.4 Å². The highest BCUT2D eigenvalue weighted by Crippen LogP contribution is 2.44. The summed E-state index contributed by atoms with van der Waals surface area (Å²) in [6.07, 6.45) is -0.179. The Labute approximate surface area is 100 Å². The van der Waals surface area contributed by atoms with Gasteiger partial charge in [0.1, 0.15) is 0 Å². The molecule has 0 fully saturated rings. The van der Waals surface area contributed by atoms with E-state index in [9.17, 15) is 9.90 Å². The number of nitrogens with two attached hydrogens (primary N) is 1. The zero-order valence-corrected chi connectivity index (χ0v) is 9.86. The summed E-state index contributed by atoms with van der Waals surface area (Å²) in [5.74, 6) is 0.745. The van der Waals surface area contributed by atoms with E-state index < -0.39 is 6.10 Å². The maximum Gasteiger partial charge on any atom is 0.231 e. The number of carbonyl (C=O) groups is 1. The van der Waals surface area contributed by atoms with E-state index in [-0.39, 0.29) is 13.3 Å². The van der Waals surface area contributed by atoms with Gasteiger partial charge in [0.2, 0.25) is 6.79 Å². The normalized spacial score (nSPS) is 14.9. The lowest BCUT2D eigenvalue weighted by Gasteiger charge is -2.14. The molecule has 0 spiro atoms. The zero-order valence-electron chi connectivity index (χ0n) is 8.27. The molecule has 1 aromatic rings. The van der Waals surface area contributed by atoms with Gasteiger partial charge >= 0.3 is 0 Å². The summed E-state index contributed by atoms with van der Waals surface area (Å²) in [4.78, 5) is 10.8. The van der Waals surface area contributed by atoms with Crippen LogP contribution in [0.1, 0.15) is 22.0 Å². The Balaban J connectivity index is 2.62. The van der Waals surface area contributed by atoms with Gasteiger partial charge in [-0.25, -0.2) is 0 Å². The van der Waals surface area contributed by atoms with Crippen LogP contribution in [0.5, 0.6) is 11.5 Å². The minimum atomic E-state index is -0.856. The molecule has 0 aliphatic carbocycles. The van der Waals surface area contributed by atoms with E-state index in [1.165, 1.54) is 0 Å². The van der Waals surface area contributed by atoms with Crippen molar-refractivity contribution in [2.24, 2.45) is 5.73 Å². The fourth-order valence-electron chi connectivity index (χ4n) is 1.60. The molecule has 0 radical (unpaired) electrons.